The number of carboxylic acid groups (broad SMARTS) is 1. The number of amides is 1. The fraction of sp³-hybridized carbons (Fsp3) is 0.385. The third kappa shape index (κ3) is 3.28. The minimum Gasteiger partial charge on any atom is -0.478 e. The maximum atomic E-state index is 12.1. The maximum Gasteiger partial charge on any atom is 0.338 e. The molecule has 0 aliphatic rings. The molecule has 0 bridgehead atoms. The first-order chi connectivity index (χ1) is 10.4. The fourth-order valence-corrected chi connectivity index (χ4v) is 2.14. The van der Waals surface area contributed by atoms with Crippen molar-refractivity contribution >= 4 is 23.5 Å². The average Bonchev–Trinajstić information content (AvgIpc) is 3.11. The zero-order chi connectivity index (χ0) is 16.3. The molecule has 0 aliphatic heterocycles. The van der Waals surface area contributed by atoms with Crippen LogP contribution in [0.4, 0.5) is 0 Å². The van der Waals surface area contributed by atoms with Crippen LogP contribution >= 0.6 is 11.6 Å². The lowest BCUT2D eigenvalue weighted by molar-refractivity contribution is -0.124. The molecule has 1 amide bonds. The van der Waals surface area contributed by atoms with E-state index in [0.717, 1.165) is 5.69 Å². The summed E-state index contributed by atoms with van der Waals surface area (Å²) in [5, 5.41) is 20.1. The number of rotatable bonds is 6. The highest BCUT2D eigenvalue weighted by Gasteiger charge is 2.18. The molecule has 0 radical (unpaired) electrons. The summed E-state index contributed by atoms with van der Waals surface area (Å²) in [5.41, 5.74) is 0.753. The molecular weight excluding hydrogens is 310 g/mol. The molecule has 0 aliphatic carbocycles. The van der Waals surface area contributed by atoms with Crippen LogP contribution < -0.4 is 5.32 Å². The number of nitrogens with zero attached hydrogens (tertiary/aromatic N) is 4. The molecule has 1 unspecified atom stereocenters. The molecule has 2 N–H and O–H groups in total. The molecule has 0 spiro atoms. The van der Waals surface area contributed by atoms with Gasteiger partial charge in [-0.15, -0.1) is 0 Å². The summed E-state index contributed by atoms with van der Waals surface area (Å²) >= 11 is 6.02. The molecule has 118 valence electrons. The Balaban J connectivity index is 2.02. The lowest BCUT2D eigenvalue weighted by Crippen LogP contribution is -2.31. The summed E-state index contributed by atoms with van der Waals surface area (Å²) in [7, 11) is 0. The molecule has 0 aromatic carbocycles. The van der Waals surface area contributed by atoms with Crippen LogP contribution in [0.2, 0.25) is 5.02 Å². The number of carbonyl (C=O) groups excluding carboxylic acids is 1. The third-order valence-corrected chi connectivity index (χ3v) is 3.57. The second-order valence-corrected chi connectivity index (χ2v) is 5.07. The van der Waals surface area contributed by atoms with Gasteiger partial charge in [-0.05, 0) is 13.8 Å². The fourth-order valence-electron chi connectivity index (χ4n) is 1.94. The van der Waals surface area contributed by atoms with Gasteiger partial charge in [0, 0.05) is 12.7 Å². The Labute approximate surface area is 131 Å². The van der Waals surface area contributed by atoms with E-state index in [2.05, 4.69) is 15.5 Å². The standard InChI is InChI=1S/C13H16ClN5O3/c1-3-18-11(10(14)5-17-18)6-15-12(20)8(2)19-7-9(4-16-19)13(21)22/h4-5,7-8H,3,6H2,1-2H3,(H,15,20)(H,21,22). The first kappa shape index (κ1) is 16.0. The van der Waals surface area contributed by atoms with Crippen molar-refractivity contribution in [3.63, 3.8) is 0 Å². The molecule has 2 rings (SSSR count). The van der Waals surface area contributed by atoms with E-state index in [0.29, 0.717) is 11.6 Å². The number of aryl methyl sites for hydroxylation is 1. The molecule has 22 heavy (non-hydrogen) atoms. The molecule has 0 fully saturated rings. The normalized spacial score (nSPS) is 12.1. The Morgan fingerprint density at radius 3 is 2.73 bits per heavy atom. The largest absolute Gasteiger partial charge is 0.478 e. The summed E-state index contributed by atoms with van der Waals surface area (Å²) in [6.45, 7) is 4.44. The monoisotopic (exact) mass is 325 g/mol. The Morgan fingerprint density at radius 1 is 1.41 bits per heavy atom. The van der Waals surface area contributed by atoms with E-state index >= 15 is 0 Å². The number of hydrogen-bond acceptors (Lipinski definition) is 4. The van der Waals surface area contributed by atoms with Gasteiger partial charge < -0.3 is 10.4 Å². The van der Waals surface area contributed by atoms with Crippen LogP contribution in [0.25, 0.3) is 0 Å². The zero-order valence-corrected chi connectivity index (χ0v) is 12.9. The first-order valence-corrected chi connectivity index (χ1v) is 7.07. The second-order valence-electron chi connectivity index (χ2n) is 4.66. The number of carbonyl (C=O) groups is 2. The molecular formula is C13H16ClN5O3. The Kier molecular flexibility index (Phi) is 4.81. The van der Waals surface area contributed by atoms with Gasteiger partial charge in [0.15, 0.2) is 0 Å². The topological polar surface area (TPSA) is 102 Å². The third-order valence-electron chi connectivity index (χ3n) is 3.25. The van der Waals surface area contributed by atoms with E-state index in [1.807, 2.05) is 6.92 Å². The van der Waals surface area contributed by atoms with Gasteiger partial charge in [0.05, 0.1) is 35.2 Å². The smallest absolute Gasteiger partial charge is 0.338 e. The van der Waals surface area contributed by atoms with E-state index in [4.69, 9.17) is 16.7 Å². The zero-order valence-electron chi connectivity index (χ0n) is 12.2. The number of carboxylic acids is 1. The lowest BCUT2D eigenvalue weighted by Gasteiger charge is -2.13. The van der Waals surface area contributed by atoms with E-state index in [-0.39, 0.29) is 18.0 Å². The van der Waals surface area contributed by atoms with Crippen molar-refractivity contribution in [1.29, 1.82) is 0 Å². The molecule has 0 saturated carbocycles. The van der Waals surface area contributed by atoms with E-state index < -0.39 is 12.0 Å². The predicted molar refractivity (Wildman–Crippen MR) is 78.7 cm³/mol. The molecule has 2 heterocycles. The highest BCUT2D eigenvalue weighted by molar-refractivity contribution is 6.31. The molecule has 0 saturated heterocycles. The molecule has 2 aromatic rings. The summed E-state index contributed by atoms with van der Waals surface area (Å²) in [6, 6.07) is -0.634. The van der Waals surface area contributed by atoms with Gasteiger partial charge in [0.1, 0.15) is 6.04 Å². The molecule has 2 aromatic heterocycles. The van der Waals surface area contributed by atoms with Gasteiger partial charge in [-0.1, -0.05) is 11.6 Å². The van der Waals surface area contributed by atoms with E-state index in [1.54, 1.807) is 11.6 Å². The van der Waals surface area contributed by atoms with Crippen molar-refractivity contribution in [2.75, 3.05) is 0 Å². The summed E-state index contributed by atoms with van der Waals surface area (Å²) in [4.78, 5) is 23.0. The Hall–Kier alpha value is -2.35. The number of aromatic carboxylic acids is 1. The first-order valence-electron chi connectivity index (χ1n) is 6.69. The van der Waals surface area contributed by atoms with Gasteiger partial charge in [-0.2, -0.15) is 10.2 Å². The van der Waals surface area contributed by atoms with Crippen molar-refractivity contribution in [3.8, 4) is 0 Å². The van der Waals surface area contributed by atoms with Crippen molar-refractivity contribution in [1.82, 2.24) is 24.9 Å². The van der Waals surface area contributed by atoms with Crippen molar-refractivity contribution < 1.29 is 14.7 Å². The van der Waals surface area contributed by atoms with Crippen LogP contribution in [0.15, 0.2) is 18.6 Å². The van der Waals surface area contributed by atoms with Gasteiger partial charge in [0.25, 0.3) is 0 Å². The minimum absolute atomic E-state index is 0.0340. The van der Waals surface area contributed by atoms with Crippen LogP contribution in [0.3, 0.4) is 0 Å². The number of halogens is 1. The second kappa shape index (κ2) is 6.61. The van der Waals surface area contributed by atoms with E-state index in [9.17, 15) is 9.59 Å². The Bertz CT molecular complexity index is 694. The number of nitrogens with one attached hydrogen (secondary N) is 1. The van der Waals surface area contributed by atoms with Crippen molar-refractivity contribution in [3.05, 3.63) is 34.9 Å². The predicted octanol–water partition coefficient (Wildman–Crippen LogP) is 1.33. The summed E-state index contributed by atoms with van der Waals surface area (Å²) in [5.74, 6) is -1.38. The molecule has 9 heteroatoms. The minimum atomic E-state index is -1.09. The molecule has 1 atom stereocenters. The van der Waals surface area contributed by atoms with Crippen LogP contribution in [0.1, 0.15) is 35.9 Å². The SMILES string of the molecule is CCn1ncc(Cl)c1CNC(=O)C(C)n1cc(C(=O)O)cn1. The van der Waals surface area contributed by atoms with Gasteiger partial charge >= 0.3 is 5.97 Å². The molecule has 8 nitrogen and oxygen atoms in total. The van der Waals surface area contributed by atoms with Gasteiger partial charge in [0.2, 0.25) is 5.91 Å². The number of aromatic nitrogens is 4. The summed E-state index contributed by atoms with van der Waals surface area (Å²) in [6.07, 6.45) is 4.05. The summed E-state index contributed by atoms with van der Waals surface area (Å²) < 4.78 is 3.00. The van der Waals surface area contributed by atoms with Crippen LogP contribution in [-0.2, 0) is 17.9 Å². The van der Waals surface area contributed by atoms with Crippen molar-refractivity contribution in [2.24, 2.45) is 0 Å². The quantitative estimate of drug-likeness (QED) is 0.834. The Morgan fingerprint density at radius 2 is 2.14 bits per heavy atom. The maximum absolute atomic E-state index is 12.1. The van der Waals surface area contributed by atoms with Crippen LogP contribution in [0.5, 0.6) is 0 Å². The van der Waals surface area contributed by atoms with Crippen molar-refractivity contribution in [2.45, 2.75) is 33.0 Å². The van der Waals surface area contributed by atoms with E-state index in [1.165, 1.54) is 23.3 Å². The number of hydrogen-bond donors (Lipinski definition) is 2. The van der Waals surface area contributed by atoms with Gasteiger partial charge in [-0.3, -0.25) is 14.2 Å². The average molecular weight is 326 g/mol. The van der Waals surface area contributed by atoms with Crippen LogP contribution in [-0.4, -0.2) is 36.5 Å². The highest BCUT2D eigenvalue weighted by Crippen LogP contribution is 2.15. The van der Waals surface area contributed by atoms with Crippen LogP contribution in [0, 0.1) is 0 Å². The highest BCUT2D eigenvalue weighted by atomic mass is 35.5. The lowest BCUT2D eigenvalue weighted by atomic mass is 10.3. The van der Waals surface area contributed by atoms with Gasteiger partial charge in [-0.25, -0.2) is 4.79 Å².